The predicted molar refractivity (Wildman–Crippen MR) is 81.0 cm³/mol. The van der Waals surface area contributed by atoms with E-state index in [4.69, 9.17) is 16.3 Å². The van der Waals surface area contributed by atoms with Gasteiger partial charge in [-0.25, -0.2) is 4.98 Å². The molecule has 2 heterocycles. The number of carbonyl (C=O) groups is 1. The van der Waals surface area contributed by atoms with E-state index >= 15 is 0 Å². The summed E-state index contributed by atoms with van der Waals surface area (Å²) < 4.78 is 7.60. The van der Waals surface area contributed by atoms with Crippen LogP contribution in [0.15, 0.2) is 48.8 Å². The van der Waals surface area contributed by atoms with Gasteiger partial charge in [-0.2, -0.15) is 0 Å². The van der Waals surface area contributed by atoms with Gasteiger partial charge in [0, 0.05) is 18.0 Å². The zero-order chi connectivity index (χ0) is 14.8. The van der Waals surface area contributed by atoms with Gasteiger partial charge in [0.1, 0.15) is 18.0 Å². The number of Topliss-reactive ketones (excluding diaryl/α,β-unsaturated/α-hetero) is 1. The SMILES string of the molecule is CC(=O)c1ccc(OCc2cn3ccccc3n2)c(Cl)c1. The molecule has 5 heteroatoms. The van der Waals surface area contributed by atoms with Gasteiger partial charge < -0.3 is 9.14 Å². The highest BCUT2D eigenvalue weighted by Gasteiger charge is 2.07. The Morgan fingerprint density at radius 1 is 1.33 bits per heavy atom. The first-order chi connectivity index (χ1) is 10.1. The fourth-order valence-corrected chi connectivity index (χ4v) is 2.28. The van der Waals surface area contributed by atoms with Crippen LogP contribution in [-0.4, -0.2) is 15.2 Å². The standard InChI is InChI=1S/C16H13ClN2O2/c1-11(20)12-5-6-15(14(17)8-12)21-10-13-9-19-7-3-2-4-16(19)18-13/h2-9H,10H2,1H3. The minimum Gasteiger partial charge on any atom is -0.486 e. The maximum atomic E-state index is 11.3. The second-order valence-electron chi connectivity index (χ2n) is 4.69. The molecule has 21 heavy (non-hydrogen) atoms. The topological polar surface area (TPSA) is 43.6 Å². The molecule has 3 aromatic rings. The highest BCUT2D eigenvalue weighted by atomic mass is 35.5. The summed E-state index contributed by atoms with van der Waals surface area (Å²) in [5.41, 5.74) is 2.25. The number of hydrogen-bond acceptors (Lipinski definition) is 3. The lowest BCUT2D eigenvalue weighted by Gasteiger charge is -2.07. The molecule has 2 aromatic heterocycles. The summed E-state index contributed by atoms with van der Waals surface area (Å²) in [7, 11) is 0. The summed E-state index contributed by atoms with van der Waals surface area (Å²) in [5.74, 6) is 0.516. The van der Waals surface area contributed by atoms with Crippen molar-refractivity contribution in [1.29, 1.82) is 0 Å². The van der Waals surface area contributed by atoms with Gasteiger partial charge in [-0.1, -0.05) is 17.7 Å². The van der Waals surface area contributed by atoms with Gasteiger partial charge in [0.25, 0.3) is 0 Å². The normalized spacial score (nSPS) is 10.8. The number of rotatable bonds is 4. The summed E-state index contributed by atoms with van der Waals surface area (Å²) in [6.07, 6.45) is 3.84. The van der Waals surface area contributed by atoms with Crippen molar-refractivity contribution in [2.24, 2.45) is 0 Å². The van der Waals surface area contributed by atoms with E-state index < -0.39 is 0 Å². The first kappa shape index (κ1) is 13.6. The van der Waals surface area contributed by atoms with E-state index in [-0.39, 0.29) is 5.78 Å². The second-order valence-corrected chi connectivity index (χ2v) is 5.10. The van der Waals surface area contributed by atoms with Gasteiger partial charge in [-0.15, -0.1) is 0 Å². The maximum absolute atomic E-state index is 11.3. The summed E-state index contributed by atoms with van der Waals surface area (Å²) in [5, 5.41) is 0.423. The Bertz CT molecular complexity index is 778. The van der Waals surface area contributed by atoms with Crippen LogP contribution in [-0.2, 0) is 6.61 Å². The molecule has 0 N–H and O–H groups in total. The second kappa shape index (κ2) is 5.58. The number of hydrogen-bond donors (Lipinski definition) is 0. The summed E-state index contributed by atoms with van der Waals surface area (Å²) in [4.78, 5) is 15.7. The van der Waals surface area contributed by atoms with Crippen LogP contribution >= 0.6 is 11.6 Å². The smallest absolute Gasteiger partial charge is 0.159 e. The molecule has 0 saturated heterocycles. The van der Waals surface area contributed by atoms with Gasteiger partial charge in [-0.3, -0.25) is 4.79 Å². The Kier molecular flexibility index (Phi) is 3.62. The molecule has 0 fully saturated rings. The first-order valence-corrected chi connectivity index (χ1v) is 6.87. The van der Waals surface area contributed by atoms with Gasteiger partial charge >= 0.3 is 0 Å². The molecule has 0 atom stereocenters. The van der Waals surface area contributed by atoms with Crippen molar-refractivity contribution in [3.05, 3.63) is 65.1 Å². The molecule has 0 spiro atoms. The van der Waals surface area contributed by atoms with E-state index in [2.05, 4.69) is 4.98 Å². The molecule has 0 radical (unpaired) electrons. The Morgan fingerprint density at radius 2 is 2.19 bits per heavy atom. The molecule has 106 valence electrons. The van der Waals surface area contributed by atoms with Crippen molar-refractivity contribution in [2.75, 3.05) is 0 Å². The number of fused-ring (bicyclic) bond motifs is 1. The lowest BCUT2D eigenvalue weighted by molar-refractivity contribution is 0.101. The van der Waals surface area contributed by atoms with Gasteiger partial charge in [0.2, 0.25) is 0 Å². The average molecular weight is 301 g/mol. The summed E-state index contributed by atoms with van der Waals surface area (Å²) in [6.45, 7) is 1.82. The maximum Gasteiger partial charge on any atom is 0.159 e. The number of benzene rings is 1. The molecule has 0 aliphatic rings. The van der Waals surface area contributed by atoms with Gasteiger partial charge in [0.15, 0.2) is 5.78 Å². The molecule has 0 saturated carbocycles. The molecule has 3 rings (SSSR count). The third kappa shape index (κ3) is 2.90. The Labute approximate surface area is 126 Å². The van der Waals surface area contributed by atoms with Crippen molar-refractivity contribution >= 4 is 23.0 Å². The lowest BCUT2D eigenvalue weighted by atomic mass is 10.1. The number of carbonyl (C=O) groups excluding carboxylic acids is 1. The highest BCUT2D eigenvalue weighted by Crippen LogP contribution is 2.26. The van der Waals surface area contributed by atoms with E-state index in [0.717, 1.165) is 11.3 Å². The number of ketones is 1. The molecule has 0 aliphatic carbocycles. The summed E-state index contributed by atoms with van der Waals surface area (Å²) >= 11 is 6.12. The van der Waals surface area contributed by atoms with Crippen molar-refractivity contribution < 1.29 is 9.53 Å². The van der Waals surface area contributed by atoms with Crippen LogP contribution < -0.4 is 4.74 Å². The van der Waals surface area contributed by atoms with Crippen LogP contribution in [0.25, 0.3) is 5.65 Å². The van der Waals surface area contributed by atoms with Crippen molar-refractivity contribution in [3.63, 3.8) is 0 Å². The average Bonchev–Trinajstić information content (AvgIpc) is 2.88. The minimum atomic E-state index is -0.0243. The molecular formula is C16H13ClN2O2. The van der Waals surface area contributed by atoms with Crippen molar-refractivity contribution in [2.45, 2.75) is 13.5 Å². The van der Waals surface area contributed by atoms with Gasteiger partial charge in [-0.05, 0) is 37.3 Å². The molecule has 1 aromatic carbocycles. The fraction of sp³-hybridized carbons (Fsp3) is 0.125. The molecular weight excluding hydrogens is 288 g/mol. The molecule has 0 amide bonds. The van der Waals surface area contributed by atoms with Crippen molar-refractivity contribution in [1.82, 2.24) is 9.38 Å². The minimum absolute atomic E-state index is 0.0243. The zero-order valence-corrected chi connectivity index (χ0v) is 12.2. The van der Waals surface area contributed by atoms with E-state index in [0.29, 0.717) is 22.9 Å². The predicted octanol–water partition coefficient (Wildman–Crippen LogP) is 3.77. The third-order valence-corrected chi connectivity index (χ3v) is 3.42. The molecule has 0 unspecified atom stereocenters. The van der Waals surface area contributed by atoms with Crippen LogP contribution in [0.1, 0.15) is 23.0 Å². The monoisotopic (exact) mass is 300 g/mol. The number of halogens is 1. The first-order valence-electron chi connectivity index (χ1n) is 6.49. The number of nitrogens with zero attached hydrogens (tertiary/aromatic N) is 2. The van der Waals surface area contributed by atoms with E-state index in [1.807, 2.05) is 35.0 Å². The third-order valence-electron chi connectivity index (χ3n) is 3.13. The van der Waals surface area contributed by atoms with E-state index in [1.165, 1.54) is 6.92 Å². The summed E-state index contributed by atoms with van der Waals surface area (Å²) in [6, 6.07) is 10.8. The van der Waals surface area contributed by atoms with Crippen LogP contribution in [0, 0.1) is 0 Å². The number of ether oxygens (including phenoxy) is 1. The van der Waals surface area contributed by atoms with Crippen LogP contribution in [0.2, 0.25) is 5.02 Å². The zero-order valence-electron chi connectivity index (χ0n) is 11.4. The Hall–Kier alpha value is -2.33. The number of imidazole rings is 1. The molecule has 4 nitrogen and oxygen atoms in total. The Balaban J connectivity index is 1.76. The number of aromatic nitrogens is 2. The fourth-order valence-electron chi connectivity index (χ4n) is 2.05. The lowest BCUT2D eigenvalue weighted by Crippen LogP contribution is -1.98. The van der Waals surface area contributed by atoms with Crippen LogP contribution in [0.4, 0.5) is 0 Å². The van der Waals surface area contributed by atoms with Crippen LogP contribution in [0.3, 0.4) is 0 Å². The highest BCUT2D eigenvalue weighted by molar-refractivity contribution is 6.32. The number of pyridine rings is 1. The van der Waals surface area contributed by atoms with E-state index in [9.17, 15) is 4.79 Å². The largest absolute Gasteiger partial charge is 0.486 e. The molecule has 0 bridgehead atoms. The quantitative estimate of drug-likeness (QED) is 0.689. The Morgan fingerprint density at radius 3 is 2.90 bits per heavy atom. The van der Waals surface area contributed by atoms with Crippen LogP contribution in [0.5, 0.6) is 5.75 Å². The van der Waals surface area contributed by atoms with E-state index in [1.54, 1.807) is 18.2 Å². The van der Waals surface area contributed by atoms with Gasteiger partial charge in [0.05, 0.1) is 10.7 Å². The molecule has 0 aliphatic heterocycles. The van der Waals surface area contributed by atoms with Crippen molar-refractivity contribution in [3.8, 4) is 5.75 Å².